The molecule has 1 atom stereocenters. The average molecular weight is 369 g/mol. The summed E-state index contributed by atoms with van der Waals surface area (Å²) in [6.07, 6.45) is 17.4. The van der Waals surface area contributed by atoms with Crippen LogP contribution in [0.2, 0.25) is 0 Å². The van der Waals surface area contributed by atoms with Crippen molar-refractivity contribution in [3.05, 3.63) is 12.2 Å². The van der Waals surface area contributed by atoms with Crippen molar-refractivity contribution in [1.29, 1.82) is 0 Å². The standard InChI is InChI=1S/C22H40O4/c1-4-6-8-9-10-11-12-13-15-19-25-21(23)17-18-22(24)26-20(3)16-14-7-5-2/h17-18,20H,4-16,19H2,1-3H3/b18-17+. The second kappa shape index (κ2) is 18.5. The number of carbonyl (C=O) groups is 2. The van der Waals surface area contributed by atoms with Gasteiger partial charge in [0.15, 0.2) is 0 Å². The highest BCUT2D eigenvalue weighted by molar-refractivity contribution is 5.91. The first-order valence-electron chi connectivity index (χ1n) is 10.7. The van der Waals surface area contributed by atoms with E-state index in [-0.39, 0.29) is 6.10 Å². The maximum Gasteiger partial charge on any atom is 0.331 e. The van der Waals surface area contributed by atoms with Gasteiger partial charge in [-0.3, -0.25) is 0 Å². The van der Waals surface area contributed by atoms with Crippen molar-refractivity contribution in [2.75, 3.05) is 6.61 Å². The summed E-state index contributed by atoms with van der Waals surface area (Å²) >= 11 is 0. The van der Waals surface area contributed by atoms with E-state index in [1.54, 1.807) is 0 Å². The second-order valence-corrected chi connectivity index (χ2v) is 7.07. The van der Waals surface area contributed by atoms with Gasteiger partial charge in [-0.2, -0.15) is 0 Å². The van der Waals surface area contributed by atoms with Crippen LogP contribution in [0.25, 0.3) is 0 Å². The molecule has 0 amide bonds. The van der Waals surface area contributed by atoms with Crippen molar-refractivity contribution >= 4 is 11.9 Å². The number of hydrogen-bond donors (Lipinski definition) is 0. The molecule has 0 heterocycles. The van der Waals surface area contributed by atoms with Crippen molar-refractivity contribution in [2.45, 2.75) is 110 Å². The molecule has 0 aliphatic rings. The third-order valence-corrected chi connectivity index (χ3v) is 4.38. The van der Waals surface area contributed by atoms with Gasteiger partial charge < -0.3 is 9.47 Å². The topological polar surface area (TPSA) is 52.6 Å². The van der Waals surface area contributed by atoms with Gasteiger partial charge in [0.25, 0.3) is 0 Å². The monoisotopic (exact) mass is 368 g/mol. The fraction of sp³-hybridized carbons (Fsp3) is 0.818. The first-order valence-corrected chi connectivity index (χ1v) is 10.7. The summed E-state index contributed by atoms with van der Waals surface area (Å²) in [5, 5.41) is 0. The molecule has 0 saturated carbocycles. The van der Waals surface area contributed by atoms with E-state index in [1.165, 1.54) is 44.9 Å². The minimum Gasteiger partial charge on any atom is -0.463 e. The van der Waals surface area contributed by atoms with Crippen molar-refractivity contribution in [3.8, 4) is 0 Å². The van der Waals surface area contributed by atoms with E-state index < -0.39 is 11.9 Å². The Morgan fingerprint density at radius 2 is 1.23 bits per heavy atom. The van der Waals surface area contributed by atoms with E-state index in [0.29, 0.717) is 6.61 Å². The molecule has 0 aliphatic heterocycles. The molecule has 0 N–H and O–H groups in total. The van der Waals surface area contributed by atoms with Crippen molar-refractivity contribution in [1.82, 2.24) is 0 Å². The van der Waals surface area contributed by atoms with Crippen LogP contribution in [0.3, 0.4) is 0 Å². The largest absolute Gasteiger partial charge is 0.463 e. The highest BCUT2D eigenvalue weighted by atomic mass is 16.5. The van der Waals surface area contributed by atoms with Gasteiger partial charge in [-0.25, -0.2) is 9.59 Å². The predicted molar refractivity (Wildman–Crippen MR) is 107 cm³/mol. The summed E-state index contributed by atoms with van der Waals surface area (Å²) in [7, 11) is 0. The number of hydrogen-bond acceptors (Lipinski definition) is 4. The lowest BCUT2D eigenvalue weighted by atomic mass is 10.1. The molecule has 4 heteroatoms. The maximum absolute atomic E-state index is 11.6. The van der Waals surface area contributed by atoms with E-state index in [0.717, 1.165) is 50.7 Å². The van der Waals surface area contributed by atoms with Crippen LogP contribution in [-0.2, 0) is 19.1 Å². The first-order chi connectivity index (χ1) is 12.6. The molecule has 0 rings (SSSR count). The van der Waals surface area contributed by atoms with E-state index >= 15 is 0 Å². The normalized spacial score (nSPS) is 12.3. The molecule has 0 aromatic carbocycles. The predicted octanol–water partition coefficient (Wildman–Crippen LogP) is 6.13. The van der Waals surface area contributed by atoms with Crippen molar-refractivity contribution in [3.63, 3.8) is 0 Å². The lowest BCUT2D eigenvalue weighted by molar-refractivity contribution is -0.143. The molecular formula is C22H40O4. The fourth-order valence-electron chi connectivity index (χ4n) is 2.75. The molecule has 26 heavy (non-hydrogen) atoms. The van der Waals surface area contributed by atoms with E-state index in [1.807, 2.05) is 6.92 Å². The molecule has 4 nitrogen and oxygen atoms in total. The van der Waals surface area contributed by atoms with Gasteiger partial charge in [0.1, 0.15) is 0 Å². The van der Waals surface area contributed by atoms with Gasteiger partial charge in [-0.05, 0) is 26.2 Å². The molecule has 0 fully saturated rings. The van der Waals surface area contributed by atoms with Gasteiger partial charge in [0.05, 0.1) is 12.7 Å². The minimum absolute atomic E-state index is 0.114. The van der Waals surface area contributed by atoms with Gasteiger partial charge in [-0.1, -0.05) is 78.1 Å². The molecule has 1 unspecified atom stereocenters. The molecule has 0 radical (unpaired) electrons. The zero-order valence-corrected chi connectivity index (χ0v) is 17.3. The Balaban J connectivity index is 3.57. The van der Waals surface area contributed by atoms with Crippen LogP contribution in [-0.4, -0.2) is 24.6 Å². The van der Waals surface area contributed by atoms with Crippen molar-refractivity contribution in [2.24, 2.45) is 0 Å². The summed E-state index contributed by atoms with van der Waals surface area (Å²) in [6.45, 7) is 6.67. The van der Waals surface area contributed by atoms with Crippen LogP contribution < -0.4 is 0 Å². The number of ether oxygens (including phenoxy) is 2. The highest BCUT2D eigenvalue weighted by Crippen LogP contribution is 2.09. The summed E-state index contributed by atoms with van der Waals surface area (Å²) in [5.41, 5.74) is 0. The second-order valence-electron chi connectivity index (χ2n) is 7.07. The van der Waals surface area contributed by atoms with Crippen LogP contribution >= 0.6 is 0 Å². The average Bonchev–Trinajstić information content (AvgIpc) is 2.61. The molecule has 0 aliphatic carbocycles. The Morgan fingerprint density at radius 3 is 1.85 bits per heavy atom. The van der Waals surface area contributed by atoms with Crippen LogP contribution in [0.5, 0.6) is 0 Å². The molecule has 0 aromatic rings. The molecule has 0 saturated heterocycles. The van der Waals surface area contributed by atoms with E-state index in [4.69, 9.17) is 9.47 Å². The third kappa shape index (κ3) is 17.5. The lowest BCUT2D eigenvalue weighted by Crippen LogP contribution is -2.13. The van der Waals surface area contributed by atoms with Gasteiger partial charge in [0.2, 0.25) is 0 Å². The van der Waals surface area contributed by atoms with Gasteiger partial charge in [0, 0.05) is 12.2 Å². The van der Waals surface area contributed by atoms with Crippen molar-refractivity contribution < 1.29 is 19.1 Å². The summed E-state index contributed by atoms with van der Waals surface area (Å²) in [6, 6.07) is 0. The zero-order valence-electron chi connectivity index (χ0n) is 17.3. The van der Waals surface area contributed by atoms with Gasteiger partial charge in [-0.15, -0.1) is 0 Å². The highest BCUT2D eigenvalue weighted by Gasteiger charge is 2.07. The van der Waals surface area contributed by atoms with Gasteiger partial charge >= 0.3 is 11.9 Å². The molecule has 152 valence electrons. The molecular weight excluding hydrogens is 328 g/mol. The molecule has 0 bridgehead atoms. The van der Waals surface area contributed by atoms with Crippen LogP contribution in [0.4, 0.5) is 0 Å². The van der Waals surface area contributed by atoms with Crippen LogP contribution in [0, 0.1) is 0 Å². The molecule has 0 aromatic heterocycles. The zero-order chi connectivity index (χ0) is 19.5. The Labute approximate surface area is 160 Å². The Kier molecular flexibility index (Phi) is 17.5. The van der Waals surface area contributed by atoms with Crippen LogP contribution in [0.15, 0.2) is 12.2 Å². The number of rotatable bonds is 17. The SMILES string of the molecule is CCCCCCCCCCCOC(=O)/C=C/C(=O)OC(C)CCCCC. The molecule has 0 spiro atoms. The smallest absolute Gasteiger partial charge is 0.331 e. The van der Waals surface area contributed by atoms with Crippen LogP contribution in [0.1, 0.15) is 104 Å². The van der Waals surface area contributed by atoms with E-state index in [9.17, 15) is 9.59 Å². The number of carbonyl (C=O) groups excluding carboxylic acids is 2. The number of unbranched alkanes of at least 4 members (excludes halogenated alkanes) is 10. The Bertz CT molecular complexity index is 376. The summed E-state index contributed by atoms with van der Waals surface area (Å²) in [4.78, 5) is 23.2. The Morgan fingerprint density at radius 1 is 0.731 bits per heavy atom. The first kappa shape index (κ1) is 24.7. The maximum atomic E-state index is 11.6. The summed E-state index contributed by atoms with van der Waals surface area (Å²) in [5.74, 6) is -0.950. The minimum atomic E-state index is -0.478. The quantitative estimate of drug-likeness (QED) is 0.176. The van der Waals surface area contributed by atoms with E-state index in [2.05, 4.69) is 13.8 Å². The fourth-order valence-corrected chi connectivity index (χ4v) is 2.75. The lowest BCUT2D eigenvalue weighted by Gasteiger charge is -2.10. The third-order valence-electron chi connectivity index (χ3n) is 4.38. The summed E-state index contributed by atoms with van der Waals surface area (Å²) < 4.78 is 10.3. The Hall–Kier alpha value is -1.32. The number of esters is 2.